The Morgan fingerprint density at radius 3 is 2.38 bits per heavy atom. The molecular weight excluding hydrogens is 514 g/mol. The van der Waals surface area contributed by atoms with E-state index in [2.05, 4.69) is 17.4 Å². The second-order valence-electron chi connectivity index (χ2n) is 9.60. The van der Waals surface area contributed by atoms with E-state index < -0.39 is 12.3 Å². The van der Waals surface area contributed by atoms with Gasteiger partial charge >= 0.3 is 5.97 Å². The third kappa shape index (κ3) is 9.21. The molecule has 3 N–H and O–H groups in total. The van der Waals surface area contributed by atoms with Crippen LogP contribution in [0.25, 0.3) is 0 Å². The van der Waals surface area contributed by atoms with Crippen LogP contribution < -0.4 is 5.32 Å². The first-order valence-electron chi connectivity index (χ1n) is 13.3. The Hall–Kier alpha value is -3.17. The Labute approximate surface area is 233 Å². The monoisotopic (exact) mass is 549 g/mol. The molecule has 0 saturated carbocycles. The van der Waals surface area contributed by atoms with Crippen molar-refractivity contribution in [2.45, 2.75) is 68.5 Å². The molecule has 1 aliphatic rings. The fraction of sp³-hybridized carbons (Fsp3) is 0.355. The average molecular weight is 550 g/mol. The summed E-state index contributed by atoms with van der Waals surface area (Å²) < 4.78 is 12.8. The highest BCUT2D eigenvalue weighted by Gasteiger charge is 2.32. The SMILES string of the molecule is O=C(O)CCCCCC(=O)Nc1cccc(C2OC(CSc3ccccc3)CC(c3ccc(CO)cc3)O2)c1. The zero-order chi connectivity index (χ0) is 27.5. The van der Waals surface area contributed by atoms with Crippen LogP contribution in [0.5, 0.6) is 0 Å². The van der Waals surface area contributed by atoms with Crippen molar-refractivity contribution in [2.75, 3.05) is 11.1 Å². The van der Waals surface area contributed by atoms with Crippen LogP contribution in [0.4, 0.5) is 5.69 Å². The van der Waals surface area contributed by atoms with Crippen molar-refractivity contribution in [1.82, 2.24) is 0 Å². The third-order valence-corrected chi connectivity index (χ3v) is 7.68. The predicted octanol–water partition coefficient (Wildman–Crippen LogP) is 6.49. The minimum atomic E-state index is -0.811. The molecule has 0 radical (unpaired) electrons. The highest BCUT2D eigenvalue weighted by molar-refractivity contribution is 7.99. The van der Waals surface area contributed by atoms with Gasteiger partial charge in [0, 0.05) is 41.2 Å². The zero-order valence-electron chi connectivity index (χ0n) is 21.8. The van der Waals surface area contributed by atoms with Gasteiger partial charge in [-0.15, -0.1) is 11.8 Å². The first-order valence-corrected chi connectivity index (χ1v) is 14.3. The Morgan fingerprint density at radius 2 is 1.64 bits per heavy atom. The molecule has 1 aliphatic heterocycles. The molecule has 7 nitrogen and oxygen atoms in total. The van der Waals surface area contributed by atoms with Gasteiger partial charge in [-0.3, -0.25) is 9.59 Å². The number of aliphatic carboxylic acids is 1. The molecule has 206 valence electrons. The van der Waals surface area contributed by atoms with Crippen molar-refractivity contribution >= 4 is 29.3 Å². The Balaban J connectivity index is 1.42. The standard InChI is InChI=1S/C31H35NO6S/c33-20-22-14-16-23(17-15-22)28-19-26(21-39-27-10-3-1-4-11-27)37-31(38-28)24-8-7-9-25(18-24)32-29(34)12-5-2-6-13-30(35)36/h1,3-4,7-11,14-18,26,28,31,33H,2,5-6,12-13,19-21H2,(H,32,34)(H,35,36). The number of anilines is 1. The van der Waals surface area contributed by atoms with E-state index in [-0.39, 0.29) is 31.1 Å². The number of amides is 1. The summed E-state index contributed by atoms with van der Waals surface area (Å²) in [7, 11) is 0. The number of hydrogen-bond donors (Lipinski definition) is 3. The molecule has 3 unspecified atom stereocenters. The van der Waals surface area contributed by atoms with Crippen LogP contribution in [-0.4, -0.2) is 33.9 Å². The second-order valence-corrected chi connectivity index (χ2v) is 10.7. The molecule has 0 spiro atoms. The normalized spacial score (nSPS) is 18.9. The molecule has 4 rings (SSSR count). The third-order valence-electron chi connectivity index (χ3n) is 6.53. The summed E-state index contributed by atoms with van der Waals surface area (Å²) in [5.41, 5.74) is 3.37. The zero-order valence-corrected chi connectivity index (χ0v) is 22.6. The van der Waals surface area contributed by atoms with Gasteiger partial charge in [-0.2, -0.15) is 0 Å². The van der Waals surface area contributed by atoms with Crippen LogP contribution in [0.2, 0.25) is 0 Å². The summed E-state index contributed by atoms with van der Waals surface area (Å²) in [4.78, 5) is 24.3. The van der Waals surface area contributed by atoms with E-state index in [1.807, 2.05) is 66.7 Å². The highest BCUT2D eigenvalue weighted by Crippen LogP contribution is 2.39. The summed E-state index contributed by atoms with van der Waals surface area (Å²) in [5, 5.41) is 21.1. The number of thioether (sulfide) groups is 1. The number of rotatable bonds is 13. The van der Waals surface area contributed by atoms with Gasteiger partial charge in [-0.05, 0) is 48.2 Å². The van der Waals surface area contributed by atoms with E-state index in [1.54, 1.807) is 11.8 Å². The van der Waals surface area contributed by atoms with Gasteiger partial charge in [0.25, 0.3) is 0 Å². The fourth-order valence-electron chi connectivity index (χ4n) is 4.45. The number of carboxylic acid groups (broad SMARTS) is 1. The molecule has 39 heavy (non-hydrogen) atoms. The lowest BCUT2D eigenvalue weighted by molar-refractivity contribution is -0.245. The van der Waals surface area contributed by atoms with Crippen LogP contribution >= 0.6 is 11.8 Å². The maximum absolute atomic E-state index is 12.4. The van der Waals surface area contributed by atoms with Gasteiger partial charge in [0.05, 0.1) is 18.8 Å². The van der Waals surface area contributed by atoms with E-state index in [1.165, 1.54) is 4.90 Å². The van der Waals surface area contributed by atoms with Crippen LogP contribution in [0.1, 0.15) is 67.6 Å². The highest BCUT2D eigenvalue weighted by atomic mass is 32.2. The van der Waals surface area contributed by atoms with E-state index >= 15 is 0 Å². The number of aliphatic hydroxyl groups excluding tert-OH is 1. The largest absolute Gasteiger partial charge is 0.481 e. The number of ether oxygens (including phenoxy) is 2. The quantitative estimate of drug-likeness (QED) is 0.165. The smallest absolute Gasteiger partial charge is 0.303 e. The van der Waals surface area contributed by atoms with Crippen molar-refractivity contribution < 1.29 is 29.3 Å². The minimum absolute atomic E-state index is 0.00523. The van der Waals surface area contributed by atoms with E-state index in [9.17, 15) is 14.7 Å². The number of unbranched alkanes of at least 4 members (excludes halogenated alkanes) is 2. The molecule has 8 heteroatoms. The number of hydrogen-bond acceptors (Lipinski definition) is 6. The average Bonchev–Trinajstić information content (AvgIpc) is 2.96. The summed E-state index contributed by atoms with van der Waals surface area (Å²) in [6, 6.07) is 25.6. The molecule has 0 bridgehead atoms. The van der Waals surface area contributed by atoms with Crippen LogP contribution in [0, 0.1) is 0 Å². The molecule has 1 saturated heterocycles. The van der Waals surface area contributed by atoms with Crippen molar-refractivity contribution in [2.24, 2.45) is 0 Å². The van der Waals surface area contributed by atoms with E-state index in [0.717, 1.165) is 22.4 Å². The van der Waals surface area contributed by atoms with Crippen LogP contribution in [0.15, 0.2) is 83.8 Å². The molecule has 3 aromatic carbocycles. The Bertz CT molecular complexity index is 1200. The lowest BCUT2D eigenvalue weighted by atomic mass is 10.0. The number of carbonyl (C=O) groups excluding carboxylic acids is 1. The van der Waals surface area contributed by atoms with Crippen LogP contribution in [0.3, 0.4) is 0 Å². The number of benzene rings is 3. The number of carboxylic acids is 1. The molecule has 1 heterocycles. The first-order chi connectivity index (χ1) is 19.0. The first kappa shape index (κ1) is 28.8. The molecular formula is C31H35NO6S. The van der Waals surface area contributed by atoms with E-state index in [4.69, 9.17) is 14.6 Å². The summed E-state index contributed by atoms with van der Waals surface area (Å²) >= 11 is 1.75. The van der Waals surface area contributed by atoms with Gasteiger partial charge in [0.15, 0.2) is 6.29 Å². The van der Waals surface area contributed by atoms with Gasteiger partial charge in [0.2, 0.25) is 5.91 Å². The van der Waals surface area contributed by atoms with E-state index in [0.29, 0.717) is 37.8 Å². The Morgan fingerprint density at radius 1 is 0.872 bits per heavy atom. The summed E-state index contributed by atoms with van der Waals surface area (Å²) in [6.45, 7) is -0.00523. The lowest BCUT2D eigenvalue weighted by Crippen LogP contribution is -2.31. The molecule has 3 aromatic rings. The maximum Gasteiger partial charge on any atom is 0.303 e. The van der Waals surface area contributed by atoms with Gasteiger partial charge in [-0.25, -0.2) is 0 Å². The lowest BCUT2D eigenvalue weighted by Gasteiger charge is -2.36. The summed E-state index contributed by atoms with van der Waals surface area (Å²) in [6.07, 6.45) is 2.25. The molecule has 1 amide bonds. The van der Waals surface area contributed by atoms with Crippen molar-refractivity contribution in [3.63, 3.8) is 0 Å². The summed E-state index contributed by atoms with van der Waals surface area (Å²) in [5.74, 6) is -0.145. The van der Waals surface area contributed by atoms with Crippen molar-refractivity contribution in [3.05, 3.63) is 95.6 Å². The Kier molecular flexibility index (Phi) is 11.0. The second kappa shape index (κ2) is 14.8. The maximum atomic E-state index is 12.4. The fourth-order valence-corrected chi connectivity index (χ4v) is 5.40. The topological polar surface area (TPSA) is 105 Å². The van der Waals surface area contributed by atoms with Crippen LogP contribution in [-0.2, 0) is 25.7 Å². The van der Waals surface area contributed by atoms with Crippen molar-refractivity contribution in [1.29, 1.82) is 0 Å². The number of nitrogens with one attached hydrogen (secondary N) is 1. The minimum Gasteiger partial charge on any atom is -0.481 e. The van der Waals surface area contributed by atoms with Crippen molar-refractivity contribution in [3.8, 4) is 0 Å². The number of carbonyl (C=O) groups is 2. The van der Waals surface area contributed by atoms with Gasteiger partial charge in [-0.1, -0.05) is 61.0 Å². The van der Waals surface area contributed by atoms with Gasteiger partial charge < -0.3 is 25.0 Å². The predicted molar refractivity (Wildman–Crippen MR) is 151 cm³/mol. The molecule has 0 aromatic heterocycles. The molecule has 1 fully saturated rings. The molecule has 0 aliphatic carbocycles. The van der Waals surface area contributed by atoms with Gasteiger partial charge in [0.1, 0.15) is 0 Å². The number of aliphatic hydroxyl groups is 1. The molecule has 3 atom stereocenters.